The summed E-state index contributed by atoms with van der Waals surface area (Å²) in [5.74, 6) is 0.553. The van der Waals surface area contributed by atoms with Crippen LogP contribution in [0.1, 0.15) is 18.2 Å². The van der Waals surface area contributed by atoms with Gasteiger partial charge in [-0.05, 0) is 12.1 Å². The molecule has 66 valence electrons. The summed E-state index contributed by atoms with van der Waals surface area (Å²) in [7, 11) is 1.58. The van der Waals surface area contributed by atoms with E-state index in [1.807, 2.05) is 0 Å². The zero-order valence-electron chi connectivity index (χ0n) is 6.91. The summed E-state index contributed by atoms with van der Waals surface area (Å²) in [4.78, 5) is 10.9. The van der Waals surface area contributed by atoms with Gasteiger partial charge in [0.1, 0.15) is 5.76 Å². The summed E-state index contributed by atoms with van der Waals surface area (Å²) in [6.07, 6.45) is 1.79. The molecule has 4 nitrogen and oxygen atoms in total. The van der Waals surface area contributed by atoms with Crippen LogP contribution in [0.4, 0.5) is 0 Å². The fraction of sp³-hybridized carbons (Fsp3) is 0.375. The van der Waals surface area contributed by atoms with E-state index in [0.717, 1.165) is 0 Å². The zero-order chi connectivity index (χ0) is 8.97. The van der Waals surface area contributed by atoms with Gasteiger partial charge in [0.2, 0.25) is 5.91 Å². The van der Waals surface area contributed by atoms with Gasteiger partial charge in [0.25, 0.3) is 0 Å². The van der Waals surface area contributed by atoms with Crippen molar-refractivity contribution in [1.29, 1.82) is 0 Å². The molecule has 1 aromatic rings. The number of furan rings is 1. The first-order valence-electron chi connectivity index (χ1n) is 3.73. The van der Waals surface area contributed by atoms with E-state index in [0.29, 0.717) is 5.76 Å². The molecule has 1 unspecified atom stereocenters. The molecule has 0 fully saturated rings. The highest BCUT2D eigenvalue weighted by molar-refractivity contribution is 5.76. The third-order valence-electron chi connectivity index (χ3n) is 1.59. The second-order valence-electron chi connectivity index (χ2n) is 2.50. The molecule has 0 saturated heterocycles. The molecule has 0 aromatic carbocycles. The van der Waals surface area contributed by atoms with Crippen LogP contribution in [0.25, 0.3) is 0 Å². The molecule has 1 rings (SSSR count). The van der Waals surface area contributed by atoms with E-state index < -0.39 is 0 Å². The molecule has 0 bridgehead atoms. The fourth-order valence-electron chi connectivity index (χ4n) is 0.905. The Morgan fingerprint density at radius 1 is 1.83 bits per heavy atom. The Morgan fingerprint density at radius 2 is 2.58 bits per heavy atom. The van der Waals surface area contributed by atoms with Gasteiger partial charge in [-0.1, -0.05) is 0 Å². The molecule has 1 aromatic heterocycles. The van der Waals surface area contributed by atoms with Crippen molar-refractivity contribution in [3.63, 3.8) is 0 Å². The minimum Gasteiger partial charge on any atom is -0.468 e. The second kappa shape index (κ2) is 3.92. The van der Waals surface area contributed by atoms with Crippen LogP contribution in [0.5, 0.6) is 0 Å². The number of amides is 1. The molecule has 1 atom stereocenters. The van der Waals surface area contributed by atoms with Gasteiger partial charge in [0.05, 0.1) is 12.3 Å². The summed E-state index contributed by atoms with van der Waals surface area (Å²) in [5.41, 5.74) is 5.66. The van der Waals surface area contributed by atoms with Gasteiger partial charge >= 0.3 is 0 Å². The van der Waals surface area contributed by atoms with E-state index in [-0.39, 0.29) is 18.4 Å². The van der Waals surface area contributed by atoms with Crippen molar-refractivity contribution in [3.05, 3.63) is 24.2 Å². The lowest BCUT2D eigenvalue weighted by atomic mass is 10.1. The third-order valence-corrected chi connectivity index (χ3v) is 1.59. The minimum absolute atomic E-state index is 0.0844. The lowest BCUT2D eigenvalue weighted by Crippen LogP contribution is -2.23. The second-order valence-corrected chi connectivity index (χ2v) is 2.50. The quantitative estimate of drug-likeness (QED) is 0.687. The molecule has 0 saturated carbocycles. The standard InChI is InChI=1S/C8H12N2O2/c1-10-8(11)5-6(9)7-3-2-4-12-7/h2-4,6H,5,9H2,1H3,(H,10,11). The maximum Gasteiger partial charge on any atom is 0.221 e. The van der Waals surface area contributed by atoms with Crippen molar-refractivity contribution in [2.75, 3.05) is 7.05 Å². The number of rotatable bonds is 3. The van der Waals surface area contributed by atoms with Crippen molar-refractivity contribution in [2.24, 2.45) is 5.73 Å². The molecule has 0 radical (unpaired) electrons. The van der Waals surface area contributed by atoms with E-state index in [2.05, 4.69) is 5.32 Å². The predicted octanol–water partition coefficient (Wildman–Crippen LogP) is 0.416. The average molecular weight is 168 g/mol. The van der Waals surface area contributed by atoms with Crippen molar-refractivity contribution in [2.45, 2.75) is 12.5 Å². The number of nitrogens with one attached hydrogen (secondary N) is 1. The molecule has 0 aliphatic carbocycles. The summed E-state index contributed by atoms with van der Waals surface area (Å²) in [5, 5.41) is 2.50. The number of nitrogens with two attached hydrogens (primary N) is 1. The maximum absolute atomic E-state index is 10.9. The van der Waals surface area contributed by atoms with E-state index in [9.17, 15) is 4.79 Å². The molecular formula is C8H12N2O2. The monoisotopic (exact) mass is 168 g/mol. The molecule has 0 spiro atoms. The van der Waals surface area contributed by atoms with Crippen molar-refractivity contribution < 1.29 is 9.21 Å². The predicted molar refractivity (Wildman–Crippen MR) is 44.3 cm³/mol. The molecule has 1 heterocycles. The SMILES string of the molecule is CNC(=O)CC(N)c1ccco1. The van der Waals surface area contributed by atoms with Gasteiger partial charge in [0, 0.05) is 13.5 Å². The summed E-state index contributed by atoms with van der Waals surface area (Å²) in [6, 6.07) is 3.16. The maximum atomic E-state index is 10.9. The summed E-state index contributed by atoms with van der Waals surface area (Å²) < 4.78 is 5.04. The molecule has 1 amide bonds. The van der Waals surface area contributed by atoms with Crippen LogP contribution in [0.2, 0.25) is 0 Å². The van der Waals surface area contributed by atoms with Crippen LogP contribution in [0, 0.1) is 0 Å². The zero-order valence-corrected chi connectivity index (χ0v) is 6.91. The largest absolute Gasteiger partial charge is 0.468 e. The van der Waals surface area contributed by atoms with Gasteiger partial charge in [0.15, 0.2) is 0 Å². The first kappa shape index (κ1) is 8.80. The van der Waals surface area contributed by atoms with Gasteiger partial charge in [-0.2, -0.15) is 0 Å². The van der Waals surface area contributed by atoms with E-state index in [1.165, 1.54) is 0 Å². The topological polar surface area (TPSA) is 68.3 Å². The molecule has 4 heteroatoms. The van der Waals surface area contributed by atoms with Crippen LogP contribution < -0.4 is 11.1 Å². The number of carbonyl (C=O) groups is 1. The smallest absolute Gasteiger partial charge is 0.221 e. The Hall–Kier alpha value is -1.29. The van der Waals surface area contributed by atoms with E-state index in [1.54, 1.807) is 25.4 Å². The Morgan fingerprint density at radius 3 is 3.08 bits per heavy atom. The number of carbonyl (C=O) groups excluding carboxylic acids is 1. The normalized spacial score (nSPS) is 12.5. The van der Waals surface area contributed by atoms with E-state index in [4.69, 9.17) is 10.2 Å². The van der Waals surface area contributed by atoms with Gasteiger partial charge < -0.3 is 15.5 Å². The summed E-state index contributed by atoms with van der Waals surface area (Å²) in [6.45, 7) is 0. The minimum atomic E-state index is -0.347. The Bertz CT molecular complexity index is 244. The Labute approximate surface area is 70.7 Å². The van der Waals surface area contributed by atoms with Crippen LogP contribution in [-0.2, 0) is 4.79 Å². The Balaban J connectivity index is 2.49. The van der Waals surface area contributed by atoms with Crippen molar-refractivity contribution >= 4 is 5.91 Å². The summed E-state index contributed by atoms with van der Waals surface area (Å²) >= 11 is 0. The highest BCUT2D eigenvalue weighted by Crippen LogP contribution is 2.13. The first-order valence-corrected chi connectivity index (χ1v) is 3.73. The number of hydrogen-bond donors (Lipinski definition) is 2. The van der Waals surface area contributed by atoms with E-state index >= 15 is 0 Å². The Kier molecular flexibility index (Phi) is 2.88. The van der Waals surface area contributed by atoms with Crippen LogP contribution in [0.3, 0.4) is 0 Å². The fourth-order valence-corrected chi connectivity index (χ4v) is 0.905. The van der Waals surface area contributed by atoms with Crippen molar-refractivity contribution in [1.82, 2.24) is 5.32 Å². The molecule has 0 aliphatic rings. The van der Waals surface area contributed by atoms with Gasteiger partial charge in [-0.3, -0.25) is 4.79 Å². The van der Waals surface area contributed by atoms with Crippen LogP contribution >= 0.6 is 0 Å². The molecule has 3 N–H and O–H groups in total. The van der Waals surface area contributed by atoms with Crippen LogP contribution in [-0.4, -0.2) is 13.0 Å². The van der Waals surface area contributed by atoms with Crippen LogP contribution in [0.15, 0.2) is 22.8 Å². The number of hydrogen-bond acceptors (Lipinski definition) is 3. The van der Waals surface area contributed by atoms with Crippen molar-refractivity contribution in [3.8, 4) is 0 Å². The van der Waals surface area contributed by atoms with Gasteiger partial charge in [-0.15, -0.1) is 0 Å². The lowest BCUT2D eigenvalue weighted by Gasteiger charge is -2.06. The average Bonchev–Trinajstić information content (AvgIpc) is 2.56. The third kappa shape index (κ3) is 2.10. The highest BCUT2D eigenvalue weighted by Gasteiger charge is 2.12. The first-order chi connectivity index (χ1) is 5.74. The molecule has 12 heavy (non-hydrogen) atoms. The van der Waals surface area contributed by atoms with Gasteiger partial charge in [-0.25, -0.2) is 0 Å². The highest BCUT2D eigenvalue weighted by atomic mass is 16.3. The molecular weight excluding hydrogens is 156 g/mol. The molecule has 0 aliphatic heterocycles. The lowest BCUT2D eigenvalue weighted by molar-refractivity contribution is -0.121.